The average Bonchev–Trinajstić information content (AvgIpc) is 3.47. The quantitative estimate of drug-likeness (QED) is 0.464. The summed E-state index contributed by atoms with van der Waals surface area (Å²) in [5, 5.41) is 0. The van der Waals surface area contributed by atoms with E-state index in [1.807, 2.05) is 0 Å². The largest absolute Gasteiger partial charge is 0.356 e. The molecule has 2 saturated heterocycles. The second-order valence-corrected chi connectivity index (χ2v) is 7.51. The highest BCUT2D eigenvalue weighted by molar-refractivity contribution is 6.45. The van der Waals surface area contributed by atoms with Gasteiger partial charge in [0.15, 0.2) is 5.78 Å². The van der Waals surface area contributed by atoms with Crippen molar-refractivity contribution in [2.45, 2.75) is 44.6 Å². The van der Waals surface area contributed by atoms with Crippen LogP contribution in [0.15, 0.2) is 12.3 Å². The first-order valence-electron chi connectivity index (χ1n) is 9.67. The number of H-pyrrole nitrogens is 1. The molecule has 9 nitrogen and oxygen atoms in total. The molecule has 0 radical (unpaired) electrons. The summed E-state index contributed by atoms with van der Waals surface area (Å²) in [6.07, 6.45) is 6.51. The van der Waals surface area contributed by atoms with Gasteiger partial charge in [-0.25, -0.2) is 9.69 Å². The highest BCUT2D eigenvalue weighted by Gasteiger charge is 2.48. The molecule has 0 atom stereocenters. The summed E-state index contributed by atoms with van der Waals surface area (Å²) in [5.41, 5.74) is 0.503. The first-order valence-corrected chi connectivity index (χ1v) is 9.67. The number of imide groups is 2. The second-order valence-electron chi connectivity index (χ2n) is 7.51. The molecule has 0 spiro atoms. The summed E-state index contributed by atoms with van der Waals surface area (Å²) in [6.45, 7) is 0.871. The Morgan fingerprint density at radius 1 is 1.00 bits per heavy atom. The van der Waals surface area contributed by atoms with Crippen molar-refractivity contribution in [3.63, 3.8) is 0 Å². The Hall–Kier alpha value is -2.97. The van der Waals surface area contributed by atoms with Crippen LogP contribution in [0.1, 0.15) is 59.4 Å². The van der Waals surface area contributed by atoms with E-state index in [0.717, 1.165) is 30.6 Å². The molecule has 1 aliphatic carbocycles. The van der Waals surface area contributed by atoms with Gasteiger partial charge in [0.05, 0.1) is 6.54 Å². The van der Waals surface area contributed by atoms with Gasteiger partial charge < -0.3 is 9.88 Å². The van der Waals surface area contributed by atoms with Crippen molar-refractivity contribution in [3.05, 3.63) is 23.5 Å². The molecule has 0 bridgehead atoms. The molecule has 0 unspecified atom stereocenters. The maximum atomic E-state index is 12.6. The smallest absolute Gasteiger partial charge is 0.334 e. The standard InChI is InChI=1S/C19H22N4O5/c24-15(12-9-14(20-10-12)16(25)21-7-3-4-8-21)11-22-17(26)18(27)23(19(22)28)13-5-1-2-6-13/h9-10,13,20H,1-8,11H2. The van der Waals surface area contributed by atoms with Crippen LogP contribution in [0.2, 0.25) is 0 Å². The van der Waals surface area contributed by atoms with Gasteiger partial charge in [-0.1, -0.05) is 12.8 Å². The van der Waals surface area contributed by atoms with Crippen LogP contribution in [-0.4, -0.2) is 74.9 Å². The van der Waals surface area contributed by atoms with Gasteiger partial charge >= 0.3 is 17.8 Å². The van der Waals surface area contributed by atoms with E-state index < -0.39 is 30.2 Å². The number of nitrogens with one attached hydrogen (secondary N) is 1. The average molecular weight is 386 g/mol. The third-order valence-electron chi connectivity index (χ3n) is 5.70. The van der Waals surface area contributed by atoms with Crippen LogP contribution in [0, 0.1) is 0 Å². The molecule has 3 fully saturated rings. The lowest BCUT2D eigenvalue weighted by molar-refractivity contribution is -0.143. The minimum absolute atomic E-state index is 0.174. The molecule has 1 aromatic rings. The lowest BCUT2D eigenvalue weighted by Gasteiger charge is -2.20. The number of amides is 5. The van der Waals surface area contributed by atoms with E-state index in [4.69, 9.17) is 0 Å². The highest BCUT2D eigenvalue weighted by atomic mass is 16.2. The number of rotatable bonds is 5. The number of urea groups is 1. The maximum absolute atomic E-state index is 12.6. The molecule has 5 amide bonds. The number of Topliss-reactive ketones (excluding diaryl/α,β-unsaturated/α-hetero) is 1. The number of aromatic nitrogens is 1. The molecular formula is C19H22N4O5. The molecule has 3 aliphatic rings. The fourth-order valence-corrected chi connectivity index (χ4v) is 4.15. The first-order chi connectivity index (χ1) is 13.5. The number of ketones is 1. The Bertz CT molecular complexity index is 848. The van der Waals surface area contributed by atoms with Gasteiger partial charge in [0.1, 0.15) is 5.69 Å². The Morgan fingerprint density at radius 3 is 2.36 bits per heavy atom. The van der Waals surface area contributed by atoms with Crippen LogP contribution in [0.4, 0.5) is 4.79 Å². The Kier molecular flexibility index (Phi) is 4.74. The third-order valence-corrected chi connectivity index (χ3v) is 5.70. The molecule has 1 N–H and O–H groups in total. The molecule has 2 aliphatic heterocycles. The Labute approximate surface area is 161 Å². The van der Waals surface area contributed by atoms with E-state index in [1.165, 1.54) is 12.3 Å². The number of aromatic amines is 1. The van der Waals surface area contributed by atoms with Gasteiger partial charge in [0, 0.05) is 30.9 Å². The number of carbonyl (C=O) groups excluding carboxylic acids is 5. The molecule has 148 valence electrons. The van der Waals surface area contributed by atoms with E-state index in [0.29, 0.717) is 36.5 Å². The van der Waals surface area contributed by atoms with Crippen molar-refractivity contribution >= 4 is 29.5 Å². The lowest BCUT2D eigenvalue weighted by atomic mass is 10.2. The van der Waals surface area contributed by atoms with Crippen molar-refractivity contribution in [2.24, 2.45) is 0 Å². The normalized spacial score (nSPS) is 20.7. The van der Waals surface area contributed by atoms with E-state index in [-0.39, 0.29) is 17.5 Å². The molecule has 28 heavy (non-hydrogen) atoms. The molecule has 1 aromatic heterocycles. The van der Waals surface area contributed by atoms with E-state index in [1.54, 1.807) is 4.90 Å². The van der Waals surface area contributed by atoms with Crippen molar-refractivity contribution in [2.75, 3.05) is 19.6 Å². The zero-order valence-corrected chi connectivity index (χ0v) is 15.5. The SMILES string of the molecule is O=C(CN1C(=O)C(=O)N(C2CCCC2)C1=O)c1c[nH]c(C(=O)N2CCCC2)c1. The minimum Gasteiger partial charge on any atom is -0.356 e. The highest BCUT2D eigenvalue weighted by Crippen LogP contribution is 2.28. The fourth-order valence-electron chi connectivity index (χ4n) is 4.15. The van der Waals surface area contributed by atoms with Gasteiger partial charge in [0.25, 0.3) is 5.91 Å². The van der Waals surface area contributed by atoms with Crippen LogP contribution in [0.3, 0.4) is 0 Å². The summed E-state index contributed by atoms with van der Waals surface area (Å²) < 4.78 is 0. The molecule has 3 heterocycles. The van der Waals surface area contributed by atoms with Crippen LogP contribution < -0.4 is 0 Å². The third kappa shape index (κ3) is 3.10. The van der Waals surface area contributed by atoms with Gasteiger partial charge in [-0.2, -0.15) is 0 Å². The molecule has 9 heteroatoms. The van der Waals surface area contributed by atoms with E-state index in [9.17, 15) is 24.0 Å². The molecule has 4 rings (SSSR count). The second kappa shape index (κ2) is 7.21. The van der Waals surface area contributed by atoms with Crippen LogP contribution in [0.5, 0.6) is 0 Å². The molecular weight excluding hydrogens is 364 g/mol. The van der Waals surface area contributed by atoms with Crippen LogP contribution >= 0.6 is 0 Å². The van der Waals surface area contributed by atoms with Crippen molar-refractivity contribution in [1.29, 1.82) is 0 Å². The maximum Gasteiger partial charge on any atom is 0.334 e. The molecule has 1 saturated carbocycles. The number of hydrogen-bond acceptors (Lipinski definition) is 5. The number of hydrogen-bond donors (Lipinski definition) is 1. The topological polar surface area (TPSA) is 111 Å². The van der Waals surface area contributed by atoms with Crippen molar-refractivity contribution in [3.8, 4) is 0 Å². The summed E-state index contributed by atoms with van der Waals surface area (Å²) in [4.78, 5) is 68.2. The lowest BCUT2D eigenvalue weighted by Crippen LogP contribution is -2.40. The number of carbonyl (C=O) groups is 5. The summed E-state index contributed by atoms with van der Waals surface area (Å²) in [6, 6.07) is 0.449. The first kappa shape index (κ1) is 18.4. The fraction of sp³-hybridized carbons (Fsp3) is 0.526. The number of likely N-dealkylation sites (tertiary alicyclic amines) is 1. The van der Waals surface area contributed by atoms with Crippen LogP contribution in [-0.2, 0) is 9.59 Å². The summed E-state index contributed by atoms with van der Waals surface area (Å²) in [7, 11) is 0. The van der Waals surface area contributed by atoms with Crippen molar-refractivity contribution in [1.82, 2.24) is 19.7 Å². The van der Waals surface area contributed by atoms with Gasteiger partial charge in [0.2, 0.25) is 0 Å². The van der Waals surface area contributed by atoms with Gasteiger partial charge in [-0.15, -0.1) is 0 Å². The van der Waals surface area contributed by atoms with Crippen molar-refractivity contribution < 1.29 is 24.0 Å². The van der Waals surface area contributed by atoms with Gasteiger partial charge in [-0.05, 0) is 31.7 Å². The minimum atomic E-state index is -0.964. The molecule has 0 aromatic carbocycles. The predicted molar refractivity (Wildman–Crippen MR) is 96.5 cm³/mol. The summed E-state index contributed by atoms with van der Waals surface area (Å²) in [5.74, 6) is -2.50. The summed E-state index contributed by atoms with van der Waals surface area (Å²) >= 11 is 0. The number of nitrogens with zero attached hydrogens (tertiary/aromatic N) is 3. The van der Waals surface area contributed by atoms with Gasteiger partial charge in [-0.3, -0.25) is 24.1 Å². The van der Waals surface area contributed by atoms with Crippen LogP contribution in [0.25, 0.3) is 0 Å². The van der Waals surface area contributed by atoms with E-state index in [2.05, 4.69) is 4.98 Å². The Balaban J connectivity index is 1.44. The predicted octanol–water partition coefficient (Wildman–Crippen LogP) is 1.17. The Morgan fingerprint density at radius 2 is 1.68 bits per heavy atom. The van der Waals surface area contributed by atoms with E-state index >= 15 is 0 Å². The zero-order chi connectivity index (χ0) is 19.8. The monoisotopic (exact) mass is 386 g/mol. The zero-order valence-electron chi connectivity index (χ0n) is 15.5.